The van der Waals surface area contributed by atoms with Crippen molar-refractivity contribution in [2.45, 2.75) is 19.3 Å². The van der Waals surface area contributed by atoms with Crippen molar-refractivity contribution in [3.8, 4) is 0 Å². The van der Waals surface area contributed by atoms with Gasteiger partial charge in [-0.15, -0.1) is 0 Å². The highest BCUT2D eigenvalue weighted by Gasteiger charge is 2.41. The van der Waals surface area contributed by atoms with Crippen LogP contribution < -0.4 is 5.32 Å². The van der Waals surface area contributed by atoms with Crippen LogP contribution >= 0.6 is 0 Å². The van der Waals surface area contributed by atoms with Gasteiger partial charge in [0.25, 0.3) is 11.4 Å². The van der Waals surface area contributed by atoms with Crippen LogP contribution in [0.5, 0.6) is 0 Å². The van der Waals surface area contributed by atoms with Gasteiger partial charge in [0.15, 0.2) is 0 Å². The van der Waals surface area contributed by atoms with E-state index in [9.17, 15) is 20.2 Å². The molecule has 0 spiro atoms. The zero-order valence-corrected chi connectivity index (χ0v) is 10.7. The SMILES string of the molecule is O=[N+]([O-])c1ccc(NCC2(CCO)CC2)c([N+](=O)[O-])c1. The Kier molecular flexibility index (Phi) is 3.84. The molecule has 0 bridgehead atoms. The number of rotatable bonds is 7. The lowest BCUT2D eigenvalue weighted by Gasteiger charge is -2.15. The lowest BCUT2D eigenvalue weighted by molar-refractivity contribution is -0.393. The Labute approximate surface area is 114 Å². The van der Waals surface area contributed by atoms with Crippen molar-refractivity contribution >= 4 is 17.1 Å². The van der Waals surface area contributed by atoms with Crippen LogP contribution in [0.1, 0.15) is 19.3 Å². The predicted octanol–water partition coefficient (Wildman–Crippen LogP) is 2.08. The van der Waals surface area contributed by atoms with E-state index in [0.717, 1.165) is 18.9 Å². The number of hydrogen-bond acceptors (Lipinski definition) is 6. The molecule has 0 radical (unpaired) electrons. The number of hydrogen-bond donors (Lipinski definition) is 2. The highest BCUT2D eigenvalue weighted by molar-refractivity contribution is 5.65. The molecule has 1 aromatic rings. The number of anilines is 1. The van der Waals surface area contributed by atoms with E-state index in [2.05, 4.69) is 5.32 Å². The molecule has 0 heterocycles. The summed E-state index contributed by atoms with van der Waals surface area (Å²) in [5.74, 6) is 0. The van der Waals surface area contributed by atoms with Gasteiger partial charge in [-0.25, -0.2) is 0 Å². The second-order valence-electron chi connectivity index (χ2n) is 5.04. The molecule has 2 N–H and O–H groups in total. The van der Waals surface area contributed by atoms with E-state index in [1.807, 2.05) is 0 Å². The second kappa shape index (κ2) is 5.41. The summed E-state index contributed by atoms with van der Waals surface area (Å²) in [5, 5.41) is 33.5. The van der Waals surface area contributed by atoms with Gasteiger partial charge in [0, 0.05) is 19.2 Å². The molecular weight excluding hydrogens is 266 g/mol. The molecular formula is C12H15N3O5. The fourth-order valence-electron chi connectivity index (χ4n) is 2.15. The van der Waals surface area contributed by atoms with Crippen molar-refractivity contribution in [2.75, 3.05) is 18.5 Å². The molecule has 0 unspecified atom stereocenters. The first kappa shape index (κ1) is 14.2. The first-order chi connectivity index (χ1) is 9.47. The maximum Gasteiger partial charge on any atom is 0.299 e. The monoisotopic (exact) mass is 281 g/mol. The van der Waals surface area contributed by atoms with Gasteiger partial charge in [0.2, 0.25) is 0 Å². The summed E-state index contributed by atoms with van der Waals surface area (Å²) >= 11 is 0. The van der Waals surface area contributed by atoms with E-state index in [4.69, 9.17) is 5.11 Å². The van der Waals surface area contributed by atoms with Crippen LogP contribution in [0.25, 0.3) is 0 Å². The summed E-state index contributed by atoms with van der Waals surface area (Å²) in [7, 11) is 0. The first-order valence-corrected chi connectivity index (χ1v) is 6.25. The van der Waals surface area contributed by atoms with Gasteiger partial charge < -0.3 is 10.4 Å². The molecule has 1 aliphatic carbocycles. The molecule has 20 heavy (non-hydrogen) atoms. The van der Waals surface area contributed by atoms with Crippen molar-refractivity contribution in [1.82, 2.24) is 0 Å². The summed E-state index contributed by atoms with van der Waals surface area (Å²) in [5.41, 5.74) is -0.340. The fourth-order valence-corrected chi connectivity index (χ4v) is 2.15. The van der Waals surface area contributed by atoms with Crippen molar-refractivity contribution in [2.24, 2.45) is 5.41 Å². The number of benzene rings is 1. The van der Waals surface area contributed by atoms with Crippen LogP contribution in [0.3, 0.4) is 0 Å². The molecule has 1 saturated carbocycles. The molecule has 0 amide bonds. The first-order valence-electron chi connectivity index (χ1n) is 6.25. The fraction of sp³-hybridized carbons (Fsp3) is 0.500. The van der Waals surface area contributed by atoms with Crippen molar-refractivity contribution in [3.63, 3.8) is 0 Å². The molecule has 1 aromatic carbocycles. The van der Waals surface area contributed by atoms with E-state index in [0.29, 0.717) is 13.0 Å². The largest absolute Gasteiger partial charge is 0.396 e. The summed E-state index contributed by atoms with van der Waals surface area (Å²) in [6.45, 7) is 0.607. The lowest BCUT2D eigenvalue weighted by Crippen LogP contribution is -2.17. The van der Waals surface area contributed by atoms with Crippen molar-refractivity contribution < 1.29 is 15.0 Å². The summed E-state index contributed by atoms with van der Waals surface area (Å²) in [6, 6.07) is 3.54. The van der Waals surface area contributed by atoms with Gasteiger partial charge in [-0.05, 0) is 30.7 Å². The Bertz CT molecular complexity index is 542. The van der Waals surface area contributed by atoms with E-state index in [1.165, 1.54) is 12.1 Å². The van der Waals surface area contributed by atoms with Gasteiger partial charge >= 0.3 is 0 Å². The Morgan fingerprint density at radius 2 is 1.95 bits per heavy atom. The minimum atomic E-state index is -0.662. The third kappa shape index (κ3) is 3.02. The van der Waals surface area contributed by atoms with Crippen molar-refractivity contribution in [3.05, 3.63) is 38.4 Å². The molecule has 8 nitrogen and oxygen atoms in total. The zero-order chi connectivity index (χ0) is 14.8. The van der Waals surface area contributed by atoms with Gasteiger partial charge in [-0.2, -0.15) is 0 Å². The van der Waals surface area contributed by atoms with Gasteiger partial charge in [0.05, 0.1) is 15.9 Å². The van der Waals surface area contributed by atoms with Crippen LogP contribution in [-0.2, 0) is 0 Å². The van der Waals surface area contributed by atoms with E-state index >= 15 is 0 Å². The number of aliphatic hydroxyl groups is 1. The van der Waals surface area contributed by atoms with Gasteiger partial charge in [-0.1, -0.05) is 0 Å². The third-order valence-electron chi connectivity index (χ3n) is 3.64. The number of nitro benzene ring substituents is 2. The summed E-state index contributed by atoms with van der Waals surface area (Å²) < 4.78 is 0. The topological polar surface area (TPSA) is 119 Å². The zero-order valence-electron chi connectivity index (χ0n) is 10.7. The number of non-ortho nitro benzene ring substituents is 1. The molecule has 0 saturated heterocycles. The quantitative estimate of drug-likeness (QED) is 0.583. The predicted molar refractivity (Wildman–Crippen MR) is 71.6 cm³/mol. The average molecular weight is 281 g/mol. The van der Waals surface area contributed by atoms with Crippen LogP contribution in [0.15, 0.2) is 18.2 Å². The highest BCUT2D eigenvalue weighted by atomic mass is 16.6. The van der Waals surface area contributed by atoms with Crippen LogP contribution in [0.4, 0.5) is 17.1 Å². The molecule has 108 valence electrons. The van der Waals surface area contributed by atoms with E-state index in [-0.39, 0.29) is 29.1 Å². The standard InChI is InChI=1S/C12H15N3O5/c16-6-5-12(3-4-12)8-13-10-2-1-9(14(17)18)7-11(10)15(19)20/h1-2,7,13,16H,3-6,8H2. The van der Waals surface area contributed by atoms with Crippen LogP contribution in [0.2, 0.25) is 0 Å². The maximum absolute atomic E-state index is 11.0. The van der Waals surface area contributed by atoms with E-state index < -0.39 is 9.85 Å². The van der Waals surface area contributed by atoms with Crippen LogP contribution in [-0.4, -0.2) is 28.1 Å². The molecule has 0 atom stereocenters. The minimum absolute atomic E-state index is 0.00436. The Morgan fingerprint density at radius 3 is 2.45 bits per heavy atom. The van der Waals surface area contributed by atoms with Gasteiger partial charge in [0.1, 0.15) is 5.69 Å². The molecule has 1 fully saturated rings. The maximum atomic E-state index is 11.0. The minimum Gasteiger partial charge on any atom is -0.396 e. The third-order valence-corrected chi connectivity index (χ3v) is 3.64. The van der Waals surface area contributed by atoms with Gasteiger partial charge in [-0.3, -0.25) is 20.2 Å². The second-order valence-corrected chi connectivity index (χ2v) is 5.04. The smallest absolute Gasteiger partial charge is 0.299 e. The van der Waals surface area contributed by atoms with E-state index in [1.54, 1.807) is 0 Å². The molecule has 1 aliphatic rings. The number of nitrogens with zero attached hydrogens (tertiary/aromatic N) is 2. The summed E-state index contributed by atoms with van der Waals surface area (Å²) in [6.07, 6.45) is 2.60. The lowest BCUT2D eigenvalue weighted by atomic mass is 10.0. The normalized spacial score (nSPS) is 15.7. The number of nitro groups is 2. The average Bonchev–Trinajstić information content (AvgIpc) is 3.16. The van der Waals surface area contributed by atoms with Crippen LogP contribution in [0, 0.1) is 25.6 Å². The summed E-state index contributed by atoms with van der Waals surface area (Å²) in [4.78, 5) is 20.3. The Hall–Kier alpha value is -2.22. The molecule has 0 aliphatic heterocycles. The van der Waals surface area contributed by atoms with Crippen molar-refractivity contribution in [1.29, 1.82) is 0 Å². The molecule has 2 rings (SSSR count). The molecule has 0 aromatic heterocycles. The molecule has 8 heteroatoms. The Balaban J connectivity index is 2.15. The highest BCUT2D eigenvalue weighted by Crippen LogP contribution is 2.48. The number of nitrogens with one attached hydrogen (secondary N) is 1. The number of aliphatic hydroxyl groups excluding tert-OH is 1. The Morgan fingerprint density at radius 1 is 1.25 bits per heavy atom.